The zero-order valence-electron chi connectivity index (χ0n) is 13.3. The van der Waals surface area contributed by atoms with Gasteiger partial charge in [0, 0.05) is 25.2 Å². The lowest BCUT2D eigenvalue weighted by Gasteiger charge is -2.39. The number of nitrogens with two attached hydrogens (primary N) is 1. The fourth-order valence-corrected chi connectivity index (χ4v) is 3.48. The van der Waals surface area contributed by atoms with Crippen LogP contribution in [0.15, 0.2) is 30.3 Å². The lowest BCUT2D eigenvalue weighted by Crippen LogP contribution is -2.49. The van der Waals surface area contributed by atoms with Crippen LogP contribution < -0.4 is 5.73 Å². The van der Waals surface area contributed by atoms with E-state index in [-0.39, 0.29) is 12.5 Å². The Morgan fingerprint density at radius 2 is 1.95 bits per heavy atom. The van der Waals surface area contributed by atoms with E-state index in [4.69, 9.17) is 5.73 Å². The number of carbonyl (C=O) groups is 1. The average molecular weight is 301 g/mol. The summed E-state index contributed by atoms with van der Waals surface area (Å²) in [5.41, 5.74) is 6.96. The quantitative estimate of drug-likeness (QED) is 0.874. The minimum absolute atomic E-state index is 0.118. The summed E-state index contributed by atoms with van der Waals surface area (Å²) in [6.07, 6.45) is 6.02. The van der Waals surface area contributed by atoms with Crippen LogP contribution in [-0.2, 0) is 11.3 Å². The van der Waals surface area contributed by atoms with Gasteiger partial charge >= 0.3 is 0 Å². The number of likely N-dealkylation sites (tertiary alicyclic amines) is 1. The van der Waals surface area contributed by atoms with Gasteiger partial charge in [0.15, 0.2) is 0 Å². The van der Waals surface area contributed by atoms with Crippen molar-refractivity contribution in [2.45, 2.75) is 50.7 Å². The molecule has 1 saturated heterocycles. The number of hydrogen-bond donors (Lipinski definition) is 1. The normalized spacial score (nSPS) is 22.5. The Kier molecular flexibility index (Phi) is 5.11. The molecule has 2 aliphatic rings. The highest BCUT2D eigenvalue weighted by atomic mass is 16.2. The van der Waals surface area contributed by atoms with Gasteiger partial charge in [-0.2, -0.15) is 0 Å². The van der Waals surface area contributed by atoms with Crippen LogP contribution in [0, 0.1) is 0 Å². The summed E-state index contributed by atoms with van der Waals surface area (Å²) in [5.74, 6) is 0.118. The molecule has 2 fully saturated rings. The molecule has 3 rings (SSSR count). The van der Waals surface area contributed by atoms with Crippen molar-refractivity contribution >= 4 is 5.91 Å². The highest BCUT2D eigenvalue weighted by Crippen LogP contribution is 2.29. The molecule has 1 aromatic rings. The largest absolute Gasteiger partial charge is 0.337 e. The average Bonchev–Trinajstić information content (AvgIpc) is 3.39. The minimum atomic E-state index is 0.118. The number of amides is 1. The minimum Gasteiger partial charge on any atom is -0.337 e. The van der Waals surface area contributed by atoms with Gasteiger partial charge < -0.3 is 10.6 Å². The molecular weight excluding hydrogens is 274 g/mol. The van der Waals surface area contributed by atoms with Crippen molar-refractivity contribution in [3.05, 3.63) is 35.9 Å². The number of hydrogen-bond acceptors (Lipinski definition) is 3. The van der Waals surface area contributed by atoms with Crippen molar-refractivity contribution in [2.75, 3.05) is 19.6 Å². The van der Waals surface area contributed by atoms with Gasteiger partial charge in [-0.3, -0.25) is 9.69 Å². The maximum atomic E-state index is 12.1. The van der Waals surface area contributed by atoms with E-state index in [0.717, 1.165) is 32.5 Å². The van der Waals surface area contributed by atoms with Gasteiger partial charge in [-0.25, -0.2) is 0 Å². The van der Waals surface area contributed by atoms with Gasteiger partial charge in [-0.15, -0.1) is 0 Å². The van der Waals surface area contributed by atoms with Gasteiger partial charge in [-0.1, -0.05) is 36.8 Å². The fourth-order valence-electron chi connectivity index (χ4n) is 3.48. The van der Waals surface area contributed by atoms with E-state index in [1.54, 1.807) is 0 Å². The van der Waals surface area contributed by atoms with E-state index in [2.05, 4.69) is 35.2 Å². The maximum Gasteiger partial charge on any atom is 0.236 e. The first-order valence-corrected chi connectivity index (χ1v) is 8.55. The van der Waals surface area contributed by atoms with Crippen molar-refractivity contribution < 1.29 is 4.79 Å². The number of rotatable bonds is 6. The smallest absolute Gasteiger partial charge is 0.236 e. The maximum absolute atomic E-state index is 12.1. The Hall–Kier alpha value is -1.39. The second-order valence-corrected chi connectivity index (χ2v) is 6.59. The lowest BCUT2D eigenvalue weighted by atomic mass is 10.0. The van der Waals surface area contributed by atoms with Crippen LogP contribution in [-0.4, -0.2) is 47.4 Å². The molecule has 120 valence electrons. The molecule has 0 radical (unpaired) electrons. The van der Waals surface area contributed by atoms with Gasteiger partial charge in [0.1, 0.15) is 0 Å². The second kappa shape index (κ2) is 7.25. The summed E-state index contributed by atoms with van der Waals surface area (Å²) >= 11 is 0. The standard InChI is InChI=1S/C18H27N3O/c19-12-18(22)21(16-9-10-16)14-17-8-4-5-11-20(17)13-15-6-2-1-3-7-15/h1-3,6-7,16-17H,4-5,8-14,19H2/t17-/m1/s1. The molecule has 1 aliphatic carbocycles. The summed E-state index contributed by atoms with van der Waals surface area (Å²) in [7, 11) is 0. The zero-order chi connectivity index (χ0) is 15.4. The SMILES string of the molecule is NCC(=O)N(C[C@H]1CCCCN1Cc1ccccc1)C1CC1. The third-order valence-corrected chi connectivity index (χ3v) is 4.87. The van der Waals surface area contributed by atoms with E-state index < -0.39 is 0 Å². The van der Waals surface area contributed by atoms with Crippen LogP contribution in [0.5, 0.6) is 0 Å². The number of nitrogens with zero attached hydrogens (tertiary/aromatic N) is 2. The van der Waals surface area contributed by atoms with Crippen molar-refractivity contribution in [3.63, 3.8) is 0 Å². The summed E-state index contributed by atoms with van der Waals surface area (Å²) < 4.78 is 0. The van der Waals surface area contributed by atoms with E-state index in [1.165, 1.54) is 24.8 Å². The van der Waals surface area contributed by atoms with Crippen LogP contribution in [0.4, 0.5) is 0 Å². The molecule has 22 heavy (non-hydrogen) atoms. The van der Waals surface area contributed by atoms with Crippen LogP contribution in [0.2, 0.25) is 0 Å². The molecule has 1 amide bonds. The number of carbonyl (C=O) groups excluding carboxylic acids is 1. The van der Waals surface area contributed by atoms with Crippen LogP contribution in [0.3, 0.4) is 0 Å². The molecule has 1 atom stereocenters. The summed E-state index contributed by atoms with van der Waals surface area (Å²) in [4.78, 5) is 16.7. The van der Waals surface area contributed by atoms with Crippen molar-refractivity contribution in [3.8, 4) is 0 Å². The third-order valence-electron chi connectivity index (χ3n) is 4.87. The highest BCUT2D eigenvalue weighted by molar-refractivity contribution is 5.78. The molecule has 1 saturated carbocycles. The molecule has 0 spiro atoms. The molecular formula is C18H27N3O. The van der Waals surface area contributed by atoms with Gasteiger partial charge in [-0.05, 0) is 37.8 Å². The van der Waals surface area contributed by atoms with Crippen LogP contribution in [0.25, 0.3) is 0 Å². The van der Waals surface area contributed by atoms with E-state index in [1.807, 2.05) is 4.90 Å². The molecule has 4 heteroatoms. The first-order valence-electron chi connectivity index (χ1n) is 8.55. The first kappa shape index (κ1) is 15.5. The fraction of sp³-hybridized carbons (Fsp3) is 0.611. The van der Waals surface area contributed by atoms with Gasteiger partial charge in [0.2, 0.25) is 5.91 Å². The van der Waals surface area contributed by atoms with E-state index in [0.29, 0.717) is 12.1 Å². The Bertz CT molecular complexity index is 486. The van der Waals surface area contributed by atoms with Gasteiger partial charge in [0.05, 0.1) is 6.54 Å². The molecule has 0 aromatic heterocycles. The third kappa shape index (κ3) is 3.87. The topological polar surface area (TPSA) is 49.6 Å². The van der Waals surface area contributed by atoms with Crippen LogP contribution in [0.1, 0.15) is 37.7 Å². The molecule has 1 aliphatic heterocycles. The molecule has 1 heterocycles. The van der Waals surface area contributed by atoms with Crippen LogP contribution >= 0.6 is 0 Å². The Morgan fingerprint density at radius 3 is 2.64 bits per heavy atom. The number of piperidine rings is 1. The predicted octanol–water partition coefficient (Wildman–Crippen LogP) is 1.99. The van der Waals surface area contributed by atoms with E-state index >= 15 is 0 Å². The summed E-state index contributed by atoms with van der Waals surface area (Å²) in [6.45, 7) is 3.12. The monoisotopic (exact) mass is 301 g/mol. The predicted molar refractivity (Wildman–Crippen MR) is 88.3 cm³/mol. The lowest BCUT2D eigenvalue weighted by molar-refractivity contribution is -0.131. The van der Waals surface area contributed by atoms with Crippen molar-refractivity contribution in [2.24, 2.45) is 5.73 Å². The van der Waals surface area contributed by atoms with Crippen molar-refractivity contribution in [1.29, 1.82) is 0 Å². The van der Waals surface area contributed by atoms with E-state index in [9.17, 15) is 4.79 Å². The molecule has 0 unspecified atom stereocenters. The molecule has 0 bridgehead atoms. The van der Waals surface area contributed by atoms with Gasteiger partial charge in [0.25, 0.3) is 0 Å². The zero-order valence-corrected chi connectivity index (χ0v) is 13.3. The Morgan fingerprint density at radius 1 is 1.18 bits per heavy atom. The summed E-state index contributed by atoms with van der Waals surface area (Å²) in [5, 5.41) is 0. The number of benzene rings is 1. The molecule has 2 N–H and O–H groups in total. The highest BCUT2D eigenvalue weighted by Gasteiger charge is 2.35. The summed E-state index contributed by atoms with van der Waals surface area (Å²) in [6, 6.07) is 11.6. The molecule has 4 nitrogen and oxygen atoms in total. The first-order chi connectivity index (χ1) is 10.8. The van der Waals surface area contributed by atoms with Crippen molar-refractivity contribution in [1.82, 2.24) is 9.80 Å². The Labute approximate surface area is 133 Å². The second-order valence-electron chi connectivity index (χ2n) is 6.59. The Balaban J connectivity index is 1.65. The molecule has 1 aromatic carbocycles.